The molecule has 1 aromatic carbocycles. The van der Waals surface area contributed by atoms with Crippen molar-refractivity contribution in [2.24, 2.45) is 5.92 Å². The van der Waals surface area contributed by atoms with Gasteiger partial charge in [-0.25, -0.2) is 0 Å². The summed E-state index contributed by atoms with van der Waals surface area (Å²) in [5, 5.41) is 13.6. The maximum atomic E-state index is 5.95. The smallest absolute Gasteiger partial charge is 0.169 e. The van der Waals surface area contributed by atoms with E-state index in [1.165, 1.54) is 11.3 Å². The van der Waals surface area contributed by atoms with Crippen LogP contribution in [0.4, 0.5) is 5.82 Å². The van der Waals surface area contributed by atoms with Crippen LogP contribution in [0.15, 0.2) is 60.8 Å². The molecule has 176 valence electrons. The van der Waals surface area contributed by atoms with Gasteiger partial charge in [0.1, 0.15) is 0 Å². The summed E-state index contributed by atoms with van der Waals surface area (Å²) in [6.45, 7) is 7.15. The van der Waals surface area contributed by atoms with E-state index in [0.29, 0.717) is 12.0 Å². The molecule has 0 bridgehead atoms. The summed E-state index contributed by atoms with van der Waals surface area (Å²) >= 11 is 5.95. The van der Waals surface area contributed by atoms with Crippen LogP contribution in [-0.2, 0) is 6.42 Å². The summed E-state index contributed by atoms with van der Waals surface area (Å²) < 4.78 is 0. The van der Waals surface area contributed by atoms with Gasteiger partial charge in [-0.15, -0.1) is 10.2 Å². The van der Waals surface area contributed by atoms with Crippen molar-refractivity contribution in [2.75, 3.05) is 24.5 Å². The van der Waals surface area contributed by atoms with Gasteiger partial charge in [-0.05, 0) is 61.2 Å². The van der Waals surface area contributed by atoms with E-state index in [0.717, 1.165) is 61.1 Å². The Balaban J connectivity index is 1.27. The molecule has 1 aliphatic heterocycles. The zero-order valence-electron chi connectivity index (χ0n) is 19.9. The minimum atomic E-state index is 0.243. The molecule has 1 aliphatic carbocycles. The highest BCUT2D eigenvalue weighted by molar-refractivity contribution is 7.80. The van der Waals surface area contributed by atoms with Gasteiger partial charge in [-0.3, -0.25) is 4.98 Å². The molecule has 2 aliphatic rings. The van der Waals surface area contributed by atoms with Crippen molar-refractivity contribution < 1.29 is 0 Å². The number of nitrogens with zero attached hydrogens (tertiary/aromatic N) is 5. The van der Waals surface area contributed by atoms with Crippen LogP contribution in [0, 0.1) is 5.92 Å². The highest BCUT2D eigenvalue weighted by atomic mass is 32.1. The van der Waals surface area contributed by atoms with Crippen LogP contribution < -0.4 is 10.2 Å². The molecule has 5 rings (SSSR count). The number of piperazine rings is 1. The fourth-order valence-electron chi connectivity index (χ4n) is 5.09. The van der Waals surface area contributed by atoms with Gasteiger partial charge in [0.05, 0.1) is 17.8 Å². The summed E-state index contributed by atoms with van der Waals surface area (Å²) in [5.41, 5.74) is 4.49. The van der Waals surface area contributed by atoms with Gasteiger partial charge < -0.3 is 15.1 Å². The van der Waals surface area contributed by atoms with E-state index in [2.05, 4.69) is 74.5 Å². The second-order valence-electron chi connectivity index (χ2n) is 9.53. The van der Waals surface area contributed by atoms with Crippen LogP contribution in [0.2, 0.25) is 0 Å². The van der Waals surface area contributed by atoms with E-state index in [9.17, 15) is 0 Å². The number of aryl methyl sites for hydroxylation is 1. The first-order valence-corrected chi connectivity index (χ1v) is 12.7. The summed E-state index contributed by atoms with van der Waals surface area (Å²) in [6, 6.07) is 19.1. The molecule has 6 nitrogen and oxygen atoms in total. The van der Waals surface area contributed by atoms with Gasteiger partial charge in [-0.1, -0.05) is 50.2 Å². The van der Waals surface area contributed by atoms with E-state index in [4.69, 9.17) is 12.2 Å². The number of thiocarbonyl (C=S) groups is 1. The average Bonchev–Trinajstić information content (AvgIpc) is 2.89. The first kappa shape index (κ1) is 22.7. The summed E-state index contributed by atoms with van der Waals surface area (Å²) in [5.74, 6) is 1.38. The number of benzene rings is 1. The third-order valence-corrected chi connectivity index (χ3v) is 7.35. The Morgan fingerprint density at radius 3 is 2.65 bits per heavy atom. The highest BCUT2D eigenvalue weighted by Gasteiger charge is 2.33. The van der Waals surface area contributed by atoms with E-state index in [-0.39, 0.29) is 6.04 Å². The number of fused-ring (bicyclic) bond motifs is 1. The first-order valence-electron chi connectivity index (χ1n) is 12.2. The van der Waals surface area contributed by atoms with Crippen molar-refractivity contribution in [1.29, 1.82) is 0 Å². The largest absolute Gasteiger partial charge is 0.356 e. The molecule has 1 unspecified atom stereocenters. The second-order valence-corrected chi connectivity index (χ2v) is 9.91. The Kier molecular flexibility index (Phi) is 6.72. The Labute approximate surface area is 207 Å². The maximum absolute atomic E-state index is 5.95. The van der Waals surface area contributed by atoms with Crippen LogP contribution in [0.1, 0.15) is 44.0 Å². The Morgan fingerprint density at radius 2 is 1.88 bits per heavy atom. The first-order chi connectivity index (χ1) is 16.6. The van der Waals surface area contributed by atoms with E-state index in [1.807, 2.05) is 30.5 Å². The molecule has 2 aromatic heterocycles. The molecule has 34 heavy (non-hydrogen) atoms. The number of hydrogen-bond acceptors (Lipinski definition) is 5. The van der Waals surface area contributed by atoms with Crippen molar-refractivity contribution in [3.05, 3.63) is 72.1 Å². The molecule has 3 aromatic rings. The zero-order chi connectivity index (χ0) is 23.5. The van der Waals surface area contributed by atoms with Crippen molar-refractivity contribution in [3.8, 4) is 11.3 Å². The number of nitrogens with one attached hydrogen (secondary N) is 1. The number of pyridine rings is 1. The summed E-state index contributed by atoms with van der Waals surface area (Å²) in [7, 11) is 0. The molecular weight excluding hydrogens is 440 g/mol. The van der Waals surface area contributed by atoms with Gasteiger partial charge in [0.25, 0.3) is 0 Å². The van der Waals surface area contributed by atoms with E-state index < -0.39 is 0 Å². The lowest BCUT2D eigenvalue weighted by Gasteiger charge is -2.45. The van der Waals surface area contributed by atoms with Crippen LogP contribution in [0.25, 0.3) is 11.3 Å². The average molecular weight is 473 g/mol. The number of rotatable bonds is 4. The summed E-state index contributed by atoms with van der Waals surface area (Å²) in [4.78, 5) is 9.31. The number of hydrogen-bond donors (Lipinski definition) is 1. The Bertz CT molecular complexity index is 1120. The predicted molar refractivity (Wildman–Crippen MR) is 141 cm³/mol. The summed E-state index contributed by atoms with van der Waals surface area (Å²) in [6.07, 6.45) is 5.18. The fraction of sp³-hybridized carbons (Fsp3) is 0.407. The molecule has 1 fully saturated rings. The SMILES string of the molecule is CC(C)C1CN(c2ccc(-c3ccccc3)nn2)CCN1C(=S)N[C@H]1CCCc2ncccc21. The molecule has 2 atom stereocenters. The zero-order valence-corrected chi connectivity index (χ0v) is 20.7. The number of aromatic nitrogens is 3. The molecule has 0 saturated carbocycles. The maximum Gasteiger partial charge on any atom is 0.169 e. The Morgan fingerprint density at radius 1 is 1.03 bits per heavy atom. The third-order valence-electron chi connectivity index (χ3n) is 7.00. The van der Waals surface area contributed by atoms with Crippen molar-refractivity contribution in [2.45, 2.75) is 45.2 Å². The van der Waals surface area contributed by atoms with Crippen molar-refractivity contribution >= 4 is 23.1 Å². The van der Waals surface area contributed by atoms with Crippen molar-refractivity contribution in [3.63, 3.8) is 0 Å². The lowest BCUT2D eigenvalue weighted by molar-refractivity contribution is 0.219. The lowest BCUT2D eigenvalue weighted by Crippen LogP contribution is -2.59. The van der Waals surface area contributed by atoms with E-state index in [1.54, 1.807) is 0 Å². The minimum absolute atomic E-state index is 0.243. The second kappa shape index (κ2) is 10.1. The van der Waals surface area contributed by atoms with Crippen LogP contribution in [-0.4, -0.2) is 50.9 Å². The Hall–Kier alpha value is -3.06. The molecule has 0 amide bonds. The van der Waals surface area contributed by atoms with Gasteiger partial charge >= 0.3 is 0 Å². The molecule has 0 spiro atoms. The predicted octanol–water partition coefficient (Wildman–Crippen LogP) is 4.64. The van der Waals surface area contributed by atoms with Gasteiger partial charge in [-0.2, -0.15) is 0 Å². The monoisotopic (exact) mass is 472 g/mol. The normalized spacial score (nSPS) is 20.2. The molecule has 0 radical (unpaired) electrons. The molecule has 1 N–H and O–H groups in total. The minimum Gasteiger partial charge on any atom is -0.356 e. The van der Waals surface area contributed by atoms with Crippen LogP contribution in [0.5, 0.6) is 0 Å². The number of anilines is 1. The standard InChI is InChI=1S/C27H32N6S/c1-19(2)25-18-32(26-14-13-22(30-31-26)20-8-4-3-5-9-20)16-17-33(25)27(34)29-24-12-6-11-23-21(24)10-7-15-28-23/h3-5,7-10,13-15,19,24-25H,6,11-12,16-18H2,1-2H3,(H,29,34)/t24-,25?/m0/s1. The molecule has 1 saturated heterocycles. The van der Waals surface area contributed by atoms with Gasteiger partial charge in [0.2, 0.25) is 0 Å². The topological polar surface area (TPSA) is 57.2 Å². The van der Waals surface area contributed by atoms with Crippen molar-refractivity contribution in [1.82, 2.24) is 25.4 Å². The molecular formula is C27H32N6S. The highest BCUT2D eigenvalue weighted by Crippen LogP contribution is 2.29. The van der Waals surface area contributed by atoms with Crippen LogP contribution >= 0.6 is 12.2 Å². The third kappa shape index (κ3) is 4.75. The lowest BCUT2D eigenvalue weighted by atomic mass is 9.91. The molecule has 7 heteroatoms. The van der Waals surface area contributed by atoms with E-state index >= 15 is 0 Å². The molecule has 3 heterocycles. The quantitative estimate of drug-likeness (QED) is 0.555. The van der Waals surface area contributed by atoms with Gasteiger partial charge in [0, 0.05) is 37.1 Å². The van der Waals surface area contributed by atoms with Gasteiger partial charge in [0.15, 0.2) is 10.9 Å². The van der Waals surface area contributed by atoms with Crippen LogP contribution in [0.3, 0.4) is 0 Å². The fourth-order valence-corrected chi connectivity index (χ4v) is 5.45.